The van der Waals surface area contributed by atoms with Crippen LogP contribution < -0.4 is 44.2 Å². The van der Waals surface area contributed by atoms with Crippen LogP contribution in [0.4, 0.5) is 23.7 Å². The van der Waals surface area contributed by atoms with Gasteiger partial charge in [0.05, 0.1) is 45.9 Å². The summed E-state index contributed by atoms with van der Waals surface area (Å²) in [6.07, 6.45) is -23.4. The van der Waals surface area contributed by atoms with E-state index < -0.39 is 186 Å². The second-order valence-electron chi connectivity index (χ2n) is 22.0. The third-order valence-corrected chi connectivity index (χ3v) is 21.9. The number of imidazole rings is 4. The molecular formula is C43H58N20O32P5+. The zero-order chi connectivity index (χ0) is 72.2. The minimum absolute atomic E-state index is 0.0404. The van der Waals surface area contributed by atoms with Crippen molar-refractivity contribution in [2.45, 2.75) is 97.8 Å². The molecule has 100 heavy (non-hydrogen) atoms. The van der Waals surface area contributed by atoms with Gasteiger partial charge in [-0.15, -0.1) is 0 Å². The van der Waals surface area contributed by atoms with E-state index in [0.717, 1.165) is 57.8 Å². The Morgan fingerprint density at radius 2 is 1.05 bits per heavy atom. The van der Waals surface area contributed by atoms with Gasteiger partial charge in [-0.25, -0.2) is 52.3 Å². The topological polar surface area (TPSA) is 746 Å². The molecule has 21 N–H and O–H groups in total. The number of aliphatic hydroxyl groups is 5. The lowest BCUT2D eigenvalue weighted by atomic mass is 10.1. The van der Waals surface area contributed by atoms with Crippen LogP contribution in [0.5, 0.6) is 0 Å². The standard InChI is InChI=1S/C43H57N20O32P5/c1-59-12-63(32-19(59)35(71)58-42(47)55-32)38-23(67)27(68)43(83-3,91-38)7-87-99(78,79)95-100(80,81)94-98(76,77)86-6-15-25(26(82-2)39(90-15)60-9-50-16-28(44)48-8-49-29(16)60)93-97(74,75)85-5-14-24(22(66)37(89-14)62-11-52-18-31(62)54-41(46)57-34(18)70)92-96(72,73)84-4-13-20(64)21(65)36(88-13)61-10-51-17-30(61)53-40(45)56-33(17)69/h8-15,20-27,36-39,64-68H,4-7H2,1-3H3,(H15-,44,45,46,47,48,49,53,54,55,56,57,58,69,70,71,72,73,74,75,76,77,78,79,80,81)/p+1. The van der Waals surface area contributed by atoms with Gasteiger partial charge in [0, 0.05) is 14.2 Å². The summed E-state index contributed by atoms with van der Waals surface area (Å²) in [6.45, 7) is -5.23. The molecule has 57 heteroatoms. The molecule has 0 spiro atoms. The number of aromatic amines is 3. The van der Waals surface area contributed by atoms with E-state index in [9.17, 15) is 87.2 Å². The first kappa shape index (κ1) is 72.8. The Balaban J connectivity index is 0.747. The highest BCUT2D eigenvalue weighted by Crippen LogP contribution is 2.68. The summed E-state index contributed by atoms with van der Waals surface area (Å²) in [6, 6.07) is 0. The van der Waals surface area contributed by atoms with Gasteiger partial charge in [-0.1, -0.05) is 4.98 Å². The van der Waals surface area contributed by atoms with E-state index in [4.69, 9.17) is 78.5 Å². The van der Waals surface area contributed by atoms with Gasteiger partial charge in [0.1, 0.15) is 85.6 Å². The SMILES string of the molecule is COC1C(OP(=O)(O)OCC2OC(n3cnc4c(=O)[nH]c(N)nc43)C(O)C2OP(=O)(O)OCC2OC(n3cnc4c(=O)[nH]c(N)nc43)C(O)C2O)C(COP(=O)(O)OP(=O)(O)OP(=O)(O)OCC2(OC)OC([n+]3cn(C)c4c(=O)[nH]c(N)nc43)C(O)C2O)OC1n1cnc2c(N)ncnc21. The van der Waals surface area contributed by atoms with Crippen molar-refractivity contribution < 1.29 is 142 Å². The second-order valence-corrected chi connectivity index (χ2v) is 29.5. The molecule has 0 aromatic carbocycles. The molecule has 0 amide bonds. The summed E-state index contributed by atoms with van der Waals surface area (Å²) in [4.78, 5) is 131. The molecule has 0 aliphatic carbocycles. The van der Waals surface area contributed by atoms with Crippen LogP contribution >= 0.6 is 39.1 Å². The Morgan fingerprint density at radius 3 is 1.64 bits per heavy atom. The van der Waals surface area contributed by atoms with E-state index in [1.165, 1.54) is 17.9 Å². The number of nitrogens with one attached hydrogen (secondary N) is 3. The molecule has 8 aromatic rings. The van der Waals surface area contributed by atoms with E-state index in [1.807, 2.05) is 0 Å². The van der Waals surface area contributed by atoms with Crippen molar-refractivity contribution in [1.29, 1.82) is 0 Å². The number of nitrogens with two attached hydrogens (primary N) is 4. The number of ether oxygens (including phenoxy) is 6. The van der Waals surface area contributed by atoms with Crippen LogP contribution in [-0.4, -0.2) is 237 Å². The number of nitrogens with zero attached hydrogens (tertiary/aromatic N) is 13. The first-order valence-corrected chi connectivity index (χ1v) is 35.7. The van der Waals surface area contributed by atoms with Gasteiger partial charge in [0.25, 0.3) is 22.6 Å². The number of phosphoric ester groups is 4. The number of aromatic nitrogens is 16. The summed E-state index contributed by atoms with van der Waals surface area (Å²) in [5.41, 5.74) is 19.2. The van der Waals surface area contributed by atoms with Gasteiger partial charge in [-0.05, 0) is 0 Å². The van der Waals surface area contributed by atoms with Crippen LogP contribution in [0.3, 0.4) is 0 Å². The Bertz CT molecular complexity index is 4900. The maximum atomic E-state index is 14.3. The molecule has 21 unspecified atom stereocenters. The molecule has 546 valence electrons. The largest absolute Gasteiger partial charge is 0.490 e. The van der Waals surface area contributed by atoms with Crippen LogP contribution in [0.25, 0.3) is 44.7 Å². The summed E-state index contributed by atoms with van der Waals surface area (Å²) in [5, 5.41) is 56.0. The zero-order valence-electron chi connectivity index (χ0n) is 50.7. The number of rotatable bonds is 26. The van der Waals surface area contributed by atoms with E-state index in [1.54, 1.807) is 0 Å². The molecule has 12 rings (SSSR count). The fraction of sp³-hybridized carbons (Fsp3) is 0.535. The molecule has 0 saturated carbocycles. The van der Waals surface area contributed by atoms with E-state index in [0.29, 0.717) is 0 Å². The third kappa shape index (κ3) is 14.1. The molecule has 0 bridgehead atoms. The molecule has 12 heterocycles. The number of nitrogen functional groups attached to an aromatic ring is 4. The van der Waals surface area contributed by atoms with Crippen LogP contribution in [0.15, 0.2) is 46.0 Å². The van der Waals surface area contributed by atoms with Gasteiger partial charge in [-0.3, -0.25) is 74.7 Å². The van der Waals surface area contributed by atoms with E-state index in [-0.39, 0.29) is 62.4 Å². The highest BCUT2D eigenvalue weighted by Gasteiger charge is 2.60. The number of hydrogen-bond acceptors (Lipinski definition) is 39. The van der Waals surface area contributed by atoms with Crippen molar-refractivity contribution in [3.05, 3.63) is 62.7 Å². The van der Waals surface area contributed by atoms with E-state index in [2.05, 4.69) is 63.4 Å². The van der Waals surface area contributed by atoms with Crippen LogP contribution in [-0.2, 0) is 94.1 Å². The van der Waals surface area contributed by atoms with Crippen molar-refractivity contribution >= 4 is 107 Å². The number of anilines is 4. The Labute approximate surface area is 551 Å². The number of methoxy groups -OCH3 is 2. The number of aryl methyl sites for hydroxylation is 1. The fourth-order valence-corrected chi connectivity index (χ4v) is 16.7. The van der Waals surface area contributed by atoms with Crippen molar-refractivity contribution in [2.75, 3.05) is 63.6 Å². The maximum absolute atomic E-state index is 14.3. The first-order chi connectivity index (χ1) is 46.9. The lowest BCUT2D eigenvalue weighted by Gasteiger charge is -2.30. The highest BCUT2D eigenvalue weighted by molar-refractivity contribution is 7.66. The van der Waals surface area contributed by atoms with Gasteiger partial charge in [-0.2, -0.15) is 18.6 Å². The van der Waals surface area contributed by atoms with Crippen LogP contribution in [0.2, 0.25) is 0 Å². The highest BCUT2D eigenvalue weighted by atomic mass is 31.3. The maximum Gasteiger partial charge on any atom is 0.490 e. The van der Waals surface area contributed by atoms with Crippen LogP contribution in [0, 0.1) is 0 Å². The van der Waals surface area contributed by atoms with Gasteiger partial charge >= 0.3 is 44.8 Å². The summed E-state index contributed by atoms with van der Waals surface area (Å²) in [7, 11) is -26.8. The van der Waals surface area contributed by atoms with Gasteiger partial charge in [0.15, 0.2) is 58.8 Å². The van der Waals surface area contributed by atoms with Crippen LogP contribution in [0.1, 0.15) is 24.9 Å². The zero-order valence-corrected chi connectivity index (χ0v) is 55.2. The summed E-state index contributed by atoms with van der Waals surface area (Å²) in [5.74, 6) is -4.00. The average molecular weight is 1520 g/mol. The van der Waals surface area contributed by atoms with Gasteiger partial charge < -0.3 is 101 Å². The lowest BCUT2D eigenvalue weighted by Crippen LogP contribution is -2.48. The fourth-order valence-electron chi connectivity index (χ4n) is 11.2. The molecular weight excluding hydrogens is 1460 g/mol. The van der Waals surface area contributed by atoms with Crippen molar-refractivity contribution in [3.63, 3.8) is 0 Å². The first-order valence-electron chi connectivity index (χ1n) is 28.2. The van der Waals surface area contributed by atoms with Crippen molar-refractivity contribution in [3.8, 4) is 0 Å². The lowest BCUT2D eigenvalue weighted by molar-refractivity contribution is -0.750. The average Bonchev–Trinajstić information content (AvgIpc) is 1.60. The molecule has 0 radical (unpaired) electrons. The summed E-state index contributed by atoms with van der Waals surface area (Å²) >= 11 is 0. The molecule has 52 nitrogen and oxygen atoms in total. The Kier molecular flexibility index (Phi) is 19.6. The minimum atomic E-state index is -6.40. The number of hydrogen-bond donors (Lipinski definition) is 17. The summed E-state index contributed by atoms with van der Waals surface area (Å²) < 4.78 is 148. The van der Waals surface area contributed by atoms with E-state index >= 15 is 0 Å². The number of phosphoric acid groups is 5. The molecule has 4 fully saturated rings. The normalized spacial score (nSPS) is 31.1. The molecule has 8 aromatic heterocycles. The predicted octanol–water partition coefficient (Wildman–Crippen LogP) is -6.26. The molecule has 4 aliphatic rings. The molecule has 4 saturated heterocycles. The number of fused-ring (bicyclic) bond motifs is 4. The molecule has 4 aliphatic heterocycles. The quantitative estimate of drug-likeness (QED) is 0.0177. The monoisotopic (exact) mass is 1520 g/mol. The van der Waals surface area contributed by atoms with Crippen molar-refractivity contribution in [1.82, 2.24) is 73.1 Å². The smallest absolute Gasteiger partial charge is 0.387 e. The predicted molar refractivity (Wildman–Crippen MR) is 318 cm³/mol. The van der Waals surface area contributed by atoms with Crippen molar-refractivity contribution in [2.24, 2.45) is 7.05 Å². The molecule has 21 atom stereocenters. The number of aliphatic hydroxyl groups excluding tert-OH is 5. The second kappa shape index (κ2) is 27.0. The number of H-pyrrole nitrogens is 3. The third-order valence-electron chi connectivity index (χ3n) is 15.7. The minimum Gasteiger partial charge on any atom is -0.387 e. The Hall–Kier alpha value is -7.01. The Morgan fingerprint density at radius 1 is 0.560 bits per heavy atom. The van der Waals surface area contributed by atoms with Gasteiger partial charge in [0.2, 0.25) is 29.4 Å².